The zero-order chi connectivity index (χ0) is 23.6. The predicted molar refractivity (Wildman–Crippen MR) is 124 cm³/mol. The lowest BCUT2D eigenvalue weighted by Gasteiger charge is -2.18. The molecule has 2 aliphatic carbocycles. The van der Waals surface area contributed by atoms with Gasteiger partial charge >= 0.3 is 12.1 Å². The lowest BCUT2D eigenvalue weighted by molar-refractivity contribution is -0.147. The number of hydrogen-bond acceptors (Lipinski definition) is 4. The molecular weight excluding hydrogens is 420 g/mol. The molecule has 7 heteroatoms. The van der Waals surface area contributed by atoms with Gasteiger partial charge in [-0.1, -0.05) is 48.5 Å². The Hall–Kier alpha value is -3.35. The van der Waals surface area contributed by atoms with Crippen molar-refractivity contribution >= 4 is 18.0 Å². The summed E-state index contributed by atoms with van der Waals surface area (Å²) in [6.45, 7) is 4.24. The van der Waals surface area contributed by atoms with Crippen LogP contribution in [0, 0.1) is 17.3 Å². The number of nitrogens with one attached hydrogen (secondary N) is 2. The fourth-order valence-corrected chi connectivity index (χ4v) is 4.39. The number of ether oxygens (including phenoxy) is 1. The van der Waals surface area contributed by atoms with E-state index < -0.39 is 17.5 Å². The van der Waals surface area contributed by atoms with Crippen LogP contribution in [0.25, 0.3) is 11.1 Å². The van der Waals surface area contributed by atoms with Crippen LogP contribution in [0.1, 0.15) is 43.7 Å². The first kappa shape index (κ1) is 22.8. The quantitative estimate of drug-likeness (QED) is 0.539. The number of hydrogen-bond donors (Lipinski definition) is 3. The van der Waals surface area contributed by atoms with Gasteiger partial charge in [-0.15, -0.1) is 0 Å². The normalized spacial score (nSPS) is 18.7. The minimum Gasteiger partial charge on any atom is -0.481 e. The summed E-state index contributed by atoms with van der Waals surface area (Å²) in [5.74, 6) is -1.02. The summed E-state index contributed by atoms with van der Waals surface area (Å²) >= 11 is 0. The molecule has 0 unspecified atom stereocenters. The molecule has 2 aliphatic rings. The van der Waals surface area contributed by atoms with Crippen LogP contribution < -0.4 is 10.6 Å². The first-order valence-electron chi connectivity index (χ1n) is 11.4. The smallest absolute Gasteiger partial charge is 0.407 e. The maximum atomic E-state index is 12.3. The number of alkyl carbamates (subject to hydrolysis) is 1. The largest absolute Gasteiger partial charge is 0.481 e. The van der Waals surface area contributed by atoms with Crippen molar-refractivity contribution in [1.82, 2.24) is 10.6 Å². The van der Waals surface area contributed by atoms with Crippen molar-refractivity contribution in [2.75, 3.05) is 19.7 Å². The predicted octanol–water partition coefficient (Wildman–Crippen LogP) is 3.78. The third-order valence-electron chi connectivity index (χ3n) is 6.74. The molecule has 2 amide bonds. The summed E-state index contributed by atoms with van der Waals surface area (Å²) in [5.41, 5.74) is 3.82. The van der Waals surface area contributed by atoms with E-state index in [0.717, 1.165) is 11.1 Å². The van der Waals surface area contributed by atoms with E-state index >= 15 is 0 Å². The molecule has 0 bridgehead atoms. The Balaban J connectivity index is 1.20. The molecule has 174 valence electrons. The first-order valence-corrected chi connectivity index (χ1v) is 11.4. The van der Waals surface area contributed by atoms with Crippen molar-refractivity contribution in [1.29, 1.82) is 0 Å². The van der Waals surface area contributed by atoms with E-state index in [0.29, 0.717) is 25.9 Å². The van der Waals surface area contributed by atoms with Crippen LogP contribution in [0.4, 0.5) is 4.79 Å². The van der Waals surface area contributed by atoms with Gasteiger partial charge in [-0.3, -0.25) is 9.59 Å². The van der Waals surface area contributed by atoms with Crippen molar-refractivity contribution in [2.24, 2.45) is 17.3 Å². The molecule has 2 atom stereocenters. The molecule has 0 heterocycles. The van der Waals surface area contributed by atoms with E-state index in [9.17, 15) is 14.4 Å². The molecule has 4 rings (SSSR count). The lowest BCUT2D eigenvalue weighted by Crippen LogP contribution is -2.33. The highest BCUT2D eigenvalue weighted by molar-refractivity contribution is 5.82. The van der Waals surface area contributed by atoms with Crippen molar-refractivity contribution in [3.8, 4) is 11.1 Å². The number of carboxylic acid groups (broad SMARTS) is 1. The Morgan fingerprint density at radius 1 is 1.00 bits per heavy atom. The fraction of sp³-hybridized carbons (Fsp3) is 0.423. The molecule has 1 fully saturated rings. The van der Waals surface area contributed by atoms with Gasteiger partial charge in [0.05, 0.1) is 5.41 Å². The zero-order valence-electron chi connectivity index (χ0n) is 19.0. The highest BCUT2D eigenvalue weighted by Gasteiger charge is 2.43. The second kappa shape index (κ2) is 9.25. The van der Waals surface area contributed by atoms with E-state index in [1.54, 1.807) is 13.8 Å². The van der Waals surface area contributed by atoms with Gasteiger partial charge in [0, 0.05) is 24.9 Å². The number of carboxylic acids is 1. The van der Waals surface area contributed by atoms with Crippen LogP contribution in [-0.2, 0) is 14.3 Å². The molecule has 33 heavy (non-hydrogen) atoms. The minimum atomic E-state index is -0.881. The summed E-state index contributed by atoms with van der Waals surface area (Å²) in [6.07, 6.45) is 0.590. The third-order valence-corrected chi connectivity index (χ3v) is 6.74. The van der Waals surface area contributed by atoms with Gasteiger partial charge < -0.3 is 20.5 Å². The van der Waals surface area contributed by atoms with Crippen LogP contribution in [0.3, 0.4) is 0 Å². The Kier molecular flexibility index (Phi) is 6.40. The molecule has 2 aromatic carbocycles. The van der Waals surface area contributed by atoms with E-state index in [1.807, 2.05) is 24.3 Å². The molecule has 2 aromatic rings. The SMILES string of the molecule is CC(C)(CCNC(=O)[C@H]1C[C@H]1CNC(=O)OCC1c2ccccc2-c2ccccc21)C(=O)O. The molecular formula is C26H30N2O5. The van der Waals surface area contributed by atoms with Gasteiger partial charge in [-0.05, 0) is 54.9 Å². The monoisotopic (exact) mass is 450 g/mol. The molecule has 0 aliphatic heterocycles. The maximum absolute atomic E-state index is 12.3. The van der Waals surface area contributed by atoms with Gasteiger partial charge in [-0.2, -0.15) is 0 Å². The second-order valence-electron chi connectivity index (χ2n) is 9.54. The molecule has 0 radical (unpaired) electrons. The van der Waals surface area contributed by atoms with Gasteiger partial charge in [0.15, 0.2) is 0 Å². The number of rotatable bonds is 9. The van der Waals surface area contributed by atoms with Crippen LogP contribution in [0.15, 0.2) is 48.5 Å². The molecule has 3 N–H and O–H groups in total. The van der Waals surface area contributed by atoms with Crippen molar-refractivity contribution in [3.05, 3.63) is 59.7 Å². The first-order chi connectivity index (χ1) is 15.8. The second-order valence-corrected chi connectivity index (χ2v) is 9.54. The van der Waals surface area contributed by atoms with Crippen molar-refractivity contribution < 1.29 is 24.2 Å². The average Bonchev–Trinajstić information content (AvgIpc) is 3.51. The summed E-state index contributed by atoms with van der Waals surface area (Å²) in [7, 11) is 0. The van der Waals surface area contributed by atoms with Gasteiger partial charge in [0.2, 0.25) is 5.91 Å². The zero-order valence-corrected chi connectivity index (χ0v) is 19.0. The summed E-state index contributed by atoms with van der Waals surface area (Å²) in [6, 6.07) is 16.4. The van der Waals surface area contributed by atoms with Crippen molar-refractivity contribution in [3.63, 3.8) is 0 Å². The van der Waals surface area contributed by atoms with E-state index in [4.69, 9.17) is 9.84 Å². The summed E-state index contributed by atoms with van der Waals surface area (Å²) < 4.78 is 5.53. The molecule has 7 nitrogen and oxygen atoms in total. The molecule has 0 aromatic heterocycles. The van der Waals surface area contributed by atoms with E-state index in [1.165, 1.54) is 11.1 Å². The Morgan fingerprint density at radius 2 is 1.61 bits per heavy atom. The number of carbonyl (C=O) groups excluding carboxylic acids is 2. The highest BCUT2D eigenvalue weighted by atomic mass is 16.5. The Labute approximate surface area is 193 Å². The standard InChI is InChI=1S/C26H30N2O5/c1-26(2,24(30)31)11-12-27-23(29)21-13-16(21)14-28-25(32)33-15-22-19-9-5-3-7-17(19)18-8-4-6-10-20(18)22/h3-10,16,21-22H,11-15H2,1-2H3,(H,27,29)(H,28,32)(H,30,31)/t16-,21-/m0/s1. The maximum Gasteiger partial charge on any atom is 0.407 e. The van der Waals surface area contributed by atoms with Crippen LogP contribution in [0.2, 0.25) is 0 Å². The van der Waals surface area contributed by atoms with Gasteiger partial charge in [0.25, 0.3) is 0 Å². The van der Waals surface area contributed by atoms with Gasteiger partial charge in [0.1, 0.15) is 6.61 Å². The number of aliphatic carboxylic acids is 1. The fourth-order valence-electron chi connectivity index (χ4n) is 4.39. The van der Waals surface area contributed by atoms with Gasteiger partial charge in [-0.25, -0.2) is 4.79 Å². The van der Waals surface area contributed by atoms with E-state index in [-0.39, 0.29) is 30.3 Å². The number of fused-ring (bicyclic) bond motifs is 3. The molecule has 0 saturated heterocycles. The molecule has 0 spiro atoms. The number of benzene rings is 2. The number of amides is 2. The number of carbonyl (C=O) groups is 3. The Morgan fingerprint density at radius 3 is 2.21 bits per heavy atom. The Bertz CT molecular complexity index is 1020. The van der Waals surface area contributed by atoms with Crippen molar-refractivity contribution in [2.45, 2.75) is 32.6 Å². The molecule has 1 saturated carbocycles. The average molecular weight is 451 g/mol. The summed E-state index contributed by atoms with van der Waals surface area (Å²) in [5, 5.41) is 14.7. The summed E-state index contributed by atoms with van der Waals surface area (Å²) in [4.78, 5) is 35.7. The van der Waals surface area contributed by atoms with Crippen LogP contribution in [0.5, 0.6) is 0 Å². The van der Waals surface area contributed by atoms with E-state index in [2.05, 4.69) is 34.9 Å². The lowest BCUT2D eigenvalue weighted by atomic mass is 9.90. The van der Waals surface area contributed by atoms with Crippen LogP contribution in [-0.4, -0.2) is 42.8 Å². The highest BCUT2D eigenvalue weighted by Crippen LogP contribution is 2.44. The van der Waals surface area contributed by atoms with Crippen LogP contribution >= 0.6 is 0 Å². The minimum absolute atomic E-state index is 0.0117. The third kappa shape index (κ3) is 5.02. The topological polar surface area (TPSA) is 105 Å².